The first kappa shape index (κ1) is 15.9. The minimum Gasteiger partial charge on any atom is -0.369 e. The molecule has 1 saturated heterocycles. The van der Waals surface area contributed by atoms with Gasteiger partial charge in [0, 0.05) is 39.8 Å². The second-order valence-electron chi connectivity index (χ2n) is 6.17. The molecule has 1 fully saturated rings. The normalized spacial score (nSPS) is 18.8. The first-order valence-corrected chi connectivity index (χ1v) is 8.02. The van der Waals surface area contributed by atoms with Gasteiger partial charge in [0.05, 0.1) is 12.3 Å². The molecule has 0 aliphatic carbocycles. The van der Waals surface area contributed by atoms with Crippen LogP contribution in [-0.4, -0.2) is 48.7 Å². The van der Waals surface area contributed by atoms with Crippen LogP contribution in [0.3, 0.4) is 0 Å². The van der Waals surface area contributed by atoms with E-state index in [-0.39, 0.29) is 6.10 Å². The predicted octanol–water partition coefficient (Wildman–Crippen LogP) is 2.42. The standard InChI is InChI=1S/C18H24N4O/c1-14-19-16(11-18(20-14)21(2)3)17-13-22(9-10-23-17)12-15-7-5-4-6-8-15/h4-8,11,17H,9-10,12-13H2,1-3H3/t17-/m1/s1. The fraction of sp³-hybridized carbons (Fsp3) is 0.444. The molecular weight excluding hydrogens is 288 g/mol. The second-order valence-corrected chi connectivity index (χ2v) is 6.17. The van der Waals surface area contributed by atoms with E-state index in [0.29, 0.717) is 0 Å². The largest absolute Gasteiger partial charge is 0.369 e. The molecule has 1 aromatic heterocycles. The summed E-state index contributed by atoms with van der Waals surface area (Å²) < 4.78 is 5.97. The molecule has 0 N–H and O–H groups in total. The SMILES string of the molecule is Cc1nc([C@H]2CN(Cc3ccccc3)CCO2)cc(N(C)C)n1. The lowest BCUT2D eigenvalue weighted by molar-refractivity contribution is -0.0350. The zero-order valence-corrected chi connectivity index (χ0v) is 14.1. The predicted molar refractivity (Wildman–Crippen MR) is 91.5 cm³/mol. The summed E-state index contributed by atoms with van der Waals surface area (Å²) in [5.74, 6) is 1.71. The van der Waals surface area contributed by atoms with Gasteiger partial charge in [-0.25, -0.2) is 9.97 Å². The van der Waals surface area contributed by atoms with E-state index in [1.54, 1.807) is 0 Å². The number of aromatic nitrogens is 2. The molecule has 1 aromatic carbocycles. The summed E-state index contributed by atoms with van der Waals surface area (Å²) in [7, 11) is 3.99. The third-order valence-corrected chi connectivity index (χ3v) is 4.03. The molecular formula is C18H24N4O. The van der Waals surface area contributed by atoms with Gasteiger partial charge in [-0.05, 0) is 12.5 Å². The van der Waals surface area contributed by atoms with Crippen LogP contribution in [-0.2, 0) is 11.3 Å². The summed E-state index contributed by atoms with van der Waals surface area (Å²) in [4.78, 5) is 13.5. The molecule has 1 atom stereocenters. The van der Waals surface area contributed by atoms with Gasteiger partial charge in [-0.2, -0.15) is 0 Å². The molecule has 1 aliphatic heterocycles. The van der Waals surface area contributed by atoms with E-state index in [9.17, 15) is 0 Å². The molecule has 23 heavy (non-hydrogen) atoms. The molecule has 5 nitrogen and oxygen atoms in total. The van der Waals surface area contributed by atoms with Crippen molar-refractivity contribution in [3.05, 3.63) is 53.5 Å². The molecule has 0 amide bonds. The third-order valence-electron chi connectivity index (χ3n) is 4.03. The van der Waals surface area contributed by atoms with E-state index in [1.807, 2.05) is 32.0 Å². The van der Waals surface area contributed by atoms with E-state index < -0.39 is 0 Å². The highest BCUT2D eigenvalue weighted by molar-refractivity contribution is 5.38. The number of hydrogen-bond acceptors (Lipinski definition) is 5. The van der Waals surface area contributed by atoms with Crippen molar-refractivity contribution in [2.45, 2.75) is 19.6 Å². The van der Waals surface area contributed by atoms with Crippen molar-refractivity contribution >= 4 is 5.82 Å². The Hall–Kier alpha value is -1.98. The third kappa shape index (κ3) is 4.06. The molecule has 2 aromatic rings. The number of aryl methyl sites for hydroxylation is 1. The van der Waals surface area contributed by atoms with E-state index in [1.165, 1.54) is 5.56 Å². The Morgan fingerprint density at radius 3 is 2.74 bits per heavy atom. The van der Waals surface area contributed by atoms with Crippen molar-refractivity contribution < 1.29 is 4.74 Å². The Balaban J connectivity index is 1.73. The van der Waals surface area contributed by atoms with Crippen molar-refractivity contribution in [2.75, 3.05) is 38.7 Å². The fourth-order valence-corrected chi connectivity index (χ4v) is 2.84. The zero-order chi connectivity index (χ0) is 16.2. The topological polar surface area (TPSA) is 41.5 Å². The average Bonchev–Trinajstić information content (AvgIpc) is 2.55. The average molecular weight is 312 g/mol. The van der Waals surface area contributed by atoms with Gasteiger partial charge >= 0.3 is 0 Å². The Labute approximate surface area is 137 Å². The molecule has 5 heteroatoms. The monoisotopic (exact) mass is 312 g/mol. The Kier molecular flexibility index (Phi) is 4.88. The van der Waals surface area contributed by atoms with Gasteiger partial charge in [-0.1, -0.05) is 30.3 Å². The maximum Gasteiger partial charge on any atom is 0.132 e. The van der Waals surface area contributed by atoms with Gasteiger partial charge in [0.2, 0.25) is 0 Å². The number of morpholine rings is 1. The maximum absolute atomic E-state index is 5.97. The molecule has 122 valence electrons. The summed E-state index contributed by atoms with van der Waals surface area (Å²) in [5, 5.41) is 0. The number of anilines is 1. The summed E-state index contributed by atoms with van der Waals surface area (Å²) in [6, 6.07) is 12.6. The van der Waals surface area contributed by atoms with Crippen LogP contribution in [0.25, 0.3) is 0 Å². The highest BCUT2D eigenvalue weighted by Crippen LogP contribution is 2.24. The number of benzene rings is 1. The van der Waals surface area contributed by atoms with Crippen LogP contribution in [0.15, 0.2) is 36.4 Å². The van der Waals surface area contributed by atoms with Crippen molar-refractivity contribution in [3.63, 3.8) is 0 Å². The molecule has 0 unspecified atom stereocenters. The molecule has 1 aliphatic rings. The number of rotatable bonds is 4. The molecule has 0 spiro atoms. The maximum atomic E-state index is 5.97. The van der Waals surface area contributed by atoms with Crippen LogP contribution in [0.5, 0.6) is 0 Å². The van der Waals surface area contributed by atoms with Gasteiger partial charge in [-0.3, -0.25) is 4.90 Å². The smallest absolute Gasteiger partial charge is 0.132 e. The van der Waals surface area contributed by atoms with Crippen molar-refractivity contribution in [3.8, 4) is 0 Å². The van der Waals surface area contributed by atoms with Gasteiger partial charge in [0.15, 0.2) is 0 Å². The van der Waals surface area contributed by atoms with E-state index >= 15 is 0 Å². The minimum atomic E-state index is 0.00728. The first-order valence-electron chi connectivity index (χ1n) is 8.02. The van der Waals surface area contributed by atoms with Crippen LogP contribution in [0.1, 0.15) is 23.2 Å². The number of nitrogens with zero attached hydrogens (tertiary/aromatic N) is 4. The fourth-order valence-electron chi connectivity index (χ4n) is 2.84. The molecule has 2 heterocycles. The van der Waals surface area contributed by atoms with Crippen LogP contribution in [0, 0.1) is 6.92 Å². The minimum absolute atomic E-state index is 0.00728. The van der Waals surface area contributed by atoms with Crippen LogP contribution in [0.4, 0.5) is 5.82 Å². The van der Waals surface area contributed by atoms with Gasteiger partial charge in [0.25, 0.3) is 0 Å². The van der Waals surface area contributed by atoms with Crippen LogP contribution < -0.4 is 4.90 Å². The Bertz CT molecular complexity index is 645. The van der Waals surface area contributed by atoms with E-state index in [0.717, 1.165) is 43.6 Å². The zero-order valence-electron chi connectivity index (χ0n) is 14.1. The van der Waals surface area contributed by atoms with E-state index in [2.05, 4.69) is 45.2 Å². The Morgan fingerprint density at radius 1 is 1.22 bits per heavy atom. The van der Waals surface area contributed by atoms with Crippen molar-refractivity contribution in [1.82, 2.24) is 14.9 Å². The van der Waals surface area contributed by atoms with Gasteiger partial charge in [0.1, 0.15) is 17.7 Å². The summed E-state index contributed by atoms with van der Waals surface area (Å²) >= 11 is 0. The molecule has 0 radical (unpaired) electrons. The number of hydrogen-bond donors (Lipinski definition) is 0. The lowest BCUT2D eigenvalue weighted by Gasteiger charge is -2.33. The quantitative estimate of drug-likeness (QED) is 0.867. The van der Waals surface area contributed by atoms with Crippen molar-refractivity contribution in [1.29, 1.82) is 0 Å². The number of ether oxygens (including phenoxy) is 1. The first-order chi connectivity index (χ1) is 11.1. The molecule has 0 saturated carbocycles. The molecule has 0 bridgehead atoms. The summed E-state index contributed by atoms with van der Waals surface area (Å²) in [6.45, 7) is 5.43. The van der Waals surface area contributed by atoms with Crippen molar-refractivity contribution in [2.24, 2.45) is 0 Å². The summed E-state index contributed by atoms with van der Waals surface area (Å²) in [6.07, 6.45) is 0.00728. The lowest BCUT2D eigenvalue weighted by Crippen LogP contribution is -2.38. The van der Waals surface area contributed by atoms with Crippen LogP contribution >= 0.6 is 0 Å². The van der Waals surface area contributed by atoms with Crippen LogP contribution in [0.2, 0.25) is 0 Å². The lowest BCUT2D eigenvalue weighted by atomic mass is 10.1. The Morgan fingerprint density at radius 2 is 2.00 bits per heavy atom. The second kappa shape index (κ2) is 7.06. The van der Waals surface area contributed by atoms with Gasteiger partial charge in [-0.15, -0.1) is 0 Å². The highest BCUT2D eigenvalue weighted by Gasteiger charge is 2.24. The van der Waals surface area contributed by atoms with E-state index in [4.69, 9.17) is 4.74 Å². The highest BCUT2D eigenvalue weighted by atomic mass is 16.5. The van der Waals surface area contributed by atoms with Gasteiger partial charge < -0.3 is 9.64 Å². The molecule has 3 rings (SSSR count). The summed E-state index contributed by atoms with van der Waals surface area (Å²) in [5.41, 5.74) is 2.31.